The molecule has 1 aliphatic rings. The van der Waals surface area contributed by atoms with Gasteiger partial charge in [-0.3, -0.25) is 0 Å². The summed E-state index contributed by atoms with van der Waals surface area (Å²) in [5.74, 6) is 0.700. The van der Waals surface area contributed by atoms with E-state index in [0.717, 1.165) is 12.0 Å². The van der Waals surface area contributed by atoms with Gasteiger partial charge in [0.1, 0.15) is 5.75 Å². The van der Waals surface area contributed by atoms with E-state index in [1.807, 2.05) is 6.07 Å². The summed E-state index contributed by atoms with van der Waals surface area (Å²) in [6.07, 6.45) is 0.924. The van der Waals surface area contributed by atoms with Gasteiger partial charge in [0.25, 0.3) is 0 Å². The van der Waals surface area contributed by atoms with Crippen LogP contribution in [0.2, 0.25) is 0 Å². The van der Waals surface area contributed by atoms with Gasteiger partial charge >= 0.3 is 0 Å². The fraction of sp³-hybridized carbons (Fsp3) is 0.294. The molecule has 2 aromatic carbocycles. The van der Waals surface area contributed by atoms with E-state index in [0.29, 0.717) is 18.2 Å². The molecule has 2 heteroatoms. The zero-order valence-corrected chi connectivity index (χ0v) is 11.4. The smallest absolute Gasteiger partial charge is 0.123 e. The number of aryl methyl sites for hydroxylation is 2. The van der Waals surface area contributed by atoms with E-state index < -0.39 is 0 Å². The second kappa shape index (κ2) is 4.39. The van der Waals surface area contributed by atoms with Crippen molar-refractivity contribution in [2.75, 3.05) is 6.54 Å². The Balaban J connectivity index is 2.33. The Kier molecular flexibility index (Phi) is 2.83. The maximum atomic E-state index is 10.2. The highest BCUT2D eigenvalue weighted by atomic mass is 16.3. The van der Waals surface area contributed by atoms with Crippen molar-refractivity contribution in [3.05, 3.63) is 52.6 Å². The normalized spacial score (nSPS) is 16.3. The molecular formula is C17H19NO. The Bertz CT molecular complexity index is 646. The summed E-state index contributed by atoms with van der Waals surface area (Å²) in [4.78, 5) is 0. The van der Waals surface area contributed by atoms with Crippen LogP contribution in [0.25, 0.3) is 11.1 Å². The SMILES string of the molecule is Cc1cc(C)c2c(c1)-c1c(O)cccc1C2CCN. The van der Waals surface area contributed by atoms with Crippen LogP contribution in [0.3, 0.4) is 0 Å². The number of hydrogen-bond acceptors (Lipinski definition) is 2. The van der Waals surface area contributed by atoms with Crippen molar-refractivity contribution in [1.29, 1.82) is 0 Å². The molecule has 3 rings (SSSR count). The molecule has 0 bridgehead atoms. The lowest BCUT2D eigenvalue weighted by Gasteiger charge is -2.15. The van der Waals surface area contributed by atoms with E-state index in [9.17, 15) is 5.11 Å². The first-order valence-corrected chi connectivity index (χ1v) is 6.77. The summed E-state index contributed by atoms with van der Waals surface area (Å²) in [7, 11) is 0. The van der Waals surface area contributed by atoms with Crippen LogP contribution in [-0.4, -0.2) is 11.7 Å². The fourth-order valence-electron chi connectivity index (χ4n) is 3.41. The number of phenolic OH excluding ortho intramolecular Hbond substituents is 1. The summed E-state index contributed by atoms with van der Waals surface area (Å²) < 4.78 is 0. The minimum Gasteiger partial charge on any atom is -0.507 e. The molecule has 19 heavy (non-hydrogen) atoms. The third-order valence-corrected chi connectivity index (χ3v) is 4.05. The minimum atomic E-state index is 0.322. The van der Waals surface area contributed by atoms with Gasteiger partial charge in [-0.15, -0.1) is 0 Å². The molecule has 1 unspecified atom stereocenters. The monoisotopic (exact) mass is 253 g/mol. The number of benzene rings is 2. The average Bonchev–Trinajstić information content (AvgIpc) is 2.66. The van der Waals surface area contributed by atoms with Crippen molar-refractivity contribution in [3.8, 4) is 16.9 Å². The van der Waals surface area contributed by atoms with E-state index in [-0.39, 0.29) is 0 Å². The summed E-state index contributed by atoms with van der Waals surface area (Å²) >= 11 is 0. The van der Waals surface area contributed by atoms with Crippen LogP contribution in [0.4, 0.5) is 0 Å². The van der Waals surface area contributed by atoms with E-state index in [2.05, 4.69) is 32.0 Å². The van der Waals surface area contributed by atoms with Crippen molar-refractivity contribution in [1.82, 2.24) is 0 Å². The van der Waals surface area contributed by atoms with Crippen LogP contribution in [0, 0.1) is 13.8 Å². The maximum Gasteiger partial charge on any atom is 0.123 e. The molecule has 0 fully saturated rings. The number of aromatic hydroxyl groups is 1. The number of phenols is 1. The molecule has 3 N–H and O–H groups in total. The number of nitrogens with two attached hydrogens (primary N) is 1. The molecule has 0 aliphatic heterocycles. The van der Waals surface area contributed by atoms with Gasteiger partial charge in [-0.1, -0.05) is 29.8 Å². The largest absolute Gasteiger partial charge is 0.507 e. The van der Waals surface area contributed by atoms with Crippen LogP contribution in [0.1, 0.15) is 34.6 Å². The van der Waals surface area contributed by atoms with Crippen LogP contribution >= 0.6 is 0 Å². The highest BCUT2D eigenvalue weighted by Crippen LogP contribution is 2.51. The van der Waals surface area contributed by atoms with E-state index in [1.165, 1.54) is 27.8 Å². The fourth-order valence-corrected chi connectivity index (χ4v) is 3.41. The molecule has 98 valence electrons. The summed E-state index contributed by atoms with van der Waals surface area (Å²) in [6, 6.07) is 10.2. The van der Waals surface area contributed by atoms with Gasteiger partial charge in [0.05, 0.1) is 0 Å². The topological polar surface area (TPSA) is 46.2 Å². The lowest BCUT2D eigenvalue weighted by Crippen LogP contribution is -2.07. The Hall–Kier alpha value is -1.80. The van der Waals surface area contributed by atoms with Gasteiger partial charge in [0.2, 0.25) is 0 Å². The first kappa shape index (κ1) is 12.2. The van der Waals surface area contributed by atoms with Crippen molar-refractivity contribution in [3.63, 3.8) is 0 Å². The molecule has 0 amide bonds. The van der Waals surface area contributed by atoms with Crippen LogP contribution < -0.4 is 5.73 Å². The third-order valence-electron chi connectivity index (χ3n) is 4.05. The summed E-state index contributed by atoms with van der Waals surface area (Å²) in [5, 5.41) is 10.2. The molecule has 0 heterocycles. The molecule has 0 spiro atoms. The molecule has 2 aromatic rings. The summed E-state index contributed by atoms with van der Waals surface area (Å²) in [5.41, 5.74) is 13.1. The van der Waals surface area contributed by atoms with Crippen LogP contribution in [0.5, 0.6) is 5.75 Å². The lowest BCUT2D eigenvalue weighted by molar-refractivity contribution is 0.477. The van der Waals surface area contributed by atoms with Gasteiger partial charge in [-0.25, -0.2) is 0 Å². The second-order valence-electron chi connectivity index (χ2n) is 5.41. The molecule has 1 atom stereocenters. The molecular weight excluding hydrogens is 234 g/mol. The molecule has 2 nitrogen and oxygen atoms in total. The first-order chi connectivity index (χ1) is 9.13. The third kappa shape index (κ3) is 1.75. The van der Waals surface area contributed by atoms with Crippen molar-refractivity contribution >= 4 is 0 Å². The van der Waals surface area contributed by atoms with Gasteiger partial charge in [0, 0.05) is 11.5 Å². The van der Waals surface area contributed by atoms with Crippen molar-refractivity contribution < 1.29 is 5.11 Å². The molecule has 1 aliphatic carbocycles. The van der Waals surface area contributed by atoms with Gasteiger partial charge in [0.15, 0.2) is 0 Å². The predicted molar refractivity (Wildman–Crippen MR) is 78.5 cm³/mol. The number of fused-ring (bicyclic) bond motifs is 3. The van der Waals surface area contributed by atoms with Crippen LogP contribution in [-0.2, 0) is 0 Å². The Morgan fingerprint density at radius 1 is 1.21 bits per heavy atom. The summed E-state index contributed by atoms with van der Waals surface area (Å²) in [6.45, 7) is 4.91. The van der Waals surface area contributed by atoms with Crippen molar-refractivity contribution in [2.24, 2.45) is 5.73 Å². The molecule has 0 aromatic heterocycles. The van der Waals surface area contributed by atoms with E-state index >= 15 is 0 Å². The Morgan fingerprint density at radius 3 is 2.74 bits per heavy atom. The average molecular weight is 253 g/mol. The van der Waals surface area contributed by atoms with Crippen LogP contribution in [0.15, 0.2) is 30.3 Å². The van der Waals surface area contributed by atoms with Gasteiger partial charge < -0.3 is 10.8 Å². The zero-order valence-electron chi connectivity index (χ0n) is 11.4. The highest BCUT2D eigenvalue weighted by Gasteiger charge is 2.31. The second-order valence-corrected chi connectivity index (χ2v) is 5.41. The number of hydrogen-bond donors (Lipinski definition) is 2. The maximum absolute atomic E-state index is 10.2. The van der Waals surface area contributed by atoms with E-state index in [4.69, 9.17) is 5.73 Å². The van der Waals surface area contributed by atoms with Crippen molar-refractivity contribution in [2.45, 2.75) is 26.2 Å². The predicted octanol–water partition coefficient (Wildman–Crippen LogP) is 3.47. The Labute approximate surface area is 113 Å². The quantitative estimate of drug-likeness (QED) is 0.860. The lowest BCUT2D eigenvalue weighted by atomic mass is 9.90. The minimum absolute atomic E-state index is 0.322. The van der Waals surface area contributed by atoms with Gasteiger partial charge in [-0.2, -0.15) is 0 Å². The molecule has 0 saturated heterocycles. The zero-order chi connectivity index (χ0) is 13.6. The molecule has 0 saturated carbocycles. The highest BCUT2D eigenvalue weighted by molar-refractivity contribution is 5.84. The van der Waals surface area contributed by atoms with E-state index in [1.54, 1.807) is 6.07 Å². The Morgan fingerprint density at radius 2 is 2.00 bits per heavy atom. The standard InChI is InChI=1S/C17H19NO/c1-10-8-11(2)16-13(6-7-18)12-4-3-5-15(19)17(12)14(16)9-10/h3-5,8-9,13,19H,6-7,18H2,1-2H3. The van der Waals surface area contributed by atoms with Gasteiger partial charge in [-0.05, 0) is 55.1 Å². The first-order valence-electron chi connectivity index (χ1n) is 6.77. The number of rotatable bonds is 2. The molecule has 0 radical (unpaired) electrons.